The Kier molecular flexibility index (Phi) is 4.31. The molecule has 0 radical (unpaired) electrons. The monoisotopic (exact) mass is 349 g/mol. The Morgan fingerprint density at radius 1 is 1.43 bits per heavy atom. The molecule has 0 bridgehead atoms. The lowest BCUT2D eigenvalue weighted by Gasteiger charge is -2.32. The number of anilines is 1. The fourth-order valence-electron chi connectivity index (χ4n) is 2.85. The van der Waals surface area contributed by atoms with Gasteiger partial charge in [-0.05, 0) is 44.6 Å². The van der Waals surface area contributed by atoms with Gasteiger partial charge < -0.3 is 15.4 Å². The van der Waals surface area contributed by atoms with Crippen molar-refractivity contribution in [3.05, 3.63) is 28.9 Å². The smallest absolute Gasteiger partial charge is 0.153 e. The largest absolute Gasteiger partial charge is 0.489 e. The van der Waals surface area contributed by atoms with Crippen molar-refractivity contribution >= 4 is 32.5 Å². The van der Waals surface area contributed by atoms with E-state index in [0.717, 1.165) is 27.7 Å². The molecule has 2 heterocycles. The van der Waals surface area contributed by atoms with E-state index < -0.39 is 0 Å². The molecule has 0 aliphatic carbocycles. The molecule has 1 saturated heterocycles. The van der Waals surface area contributed by atoms with Gasteiger partial charge in [0.05, 0.1) is 17.4 Å². The molecule has 5 heteroatoms. The molecule has 1 aliphatic rings. The summed E-state index contributed by atoms with van der Waals surface area (Å²) in [4.78, 5) is 6.73. The second kappa shape index (κ2) is 6.20. The Hall–Kier alpha value is -1.33. The van der Waals surface area contributed by atoms with Crippen LogP contribution in [0.3, 0.4) is 0 Å². The van der Waals surface area contributed by atoms with Crippen LogP contribution in [0.15, 0.2) is 28.9 Å². The highest BCUT2D eigenvalue weighted by Crippen LogP contribution is 2.32. The minimum atomic E-state index is 0.466. The van der Waals surface area contributed by atoms with E-state index in [1.165, 1.54) is 19.3 Å². The predicted octanol–water partition coefficient (Wildman–Crippen LogP) is 3.44. The summed E-state index contributed by atoms with van der Waals surface area (Å²) in [5, 5.41) is 0.961. The number of halogens is 1. The standard InChI is InChI=1S/C16H20BrN3O/c1-20-7-3-2-4-12(20)10-21-16-13-8-11(17)5-6-15(13)19-9-14(16)18/h5-6,8-9,12H,2-4,7,10,18H2,1H3. The van der Waals surface area contributed by atoms with Gasteiger partial charge in [-0.15, -0.1) is 0 Å². The Morgan fingerprint density at radius 2 is 2.29 bits per heavy atom. The number of hydrogen-bond donors (Lipinski definition) is 1. The summed E-state index contributed by atoms with van der Waals surface area (Å²) in [5.74, 6) is 0.750. The molecule has 2 aromatic rings. The maximum Gasteiger partial charge on any atom is 0.153 e. The number of likely N-dealkylation sites (tertiary alicyclic amines) is 1. The number of hydrogen-bond acceptors (Lipinski definition) is 4. The van der Waals surface area contributed by atoms with Gasteiger partial charge in [0.15, 0.2) is 5.75 Å². The van der Waals surface area contributed by atoms with Crippen molar-refractivity contribution in [3.63, 3.8) is 0 Å². The Morgan fingerprint density at radius 3 is 3.10 bits per heavy atom. The van der Waals surface area contributed by atoms with E-state index in [9.17, 15) is 0 Å². The van der Waals surface area contributed by atoms with E-state index in [-0.39, 0.29) is 0 Å². The van der Waals surface area contributed by atoms with Crippen molar-refractivity contribution in [2.75, 3.05) is 25.9 Å². The van der Waals surface area contributed by atoms with E-state index in [1.54, 1.807) is 6.20 Å². The molecular weight excluding hydrogens is 330 g/mol. The van der Waals surface area contributed by atoms with Crippen LogP contribution in [-0.2, 0) is 0 Å². The first-order chi connectivity index (χ1) is 10.1. The first-order valence-corrected chi connectivity index (χ1v) is 8.11. The highest BCUT2D eigenvalue weighted by molar-refractivity contribution is 9.10. The lowest BCUT2D eigenvalue weighted by atomic mass is 10.0. The summed E-state index contributed by atoms with van der Waals surface area (Å²) < 4.78 is 7.09. The van der Waals surface area contributed by atoms with Gasteiger partial charge in [-0.2, -0.15) is 0 Å². The Bertz CT molecular complexity index is 641. The van der Waals surface area contributed by atoms with Gasteiger partial charge >= 0.3 is 0 Å². The number of ether oxygens (including phenoxy) is 1. The molecule has 0 amide bonds. The highest BCUT2D eigenvalue weighted by atomic mass is 79.9. The van der Waals surface area contributed by atoms with Crippen molar-refractivity contribution in [1.82, 2.24) is 9.88 Å². The molecule has 21 heavy (non-hydrogen) atoms. The fourth-order valence-corrected chi connectivity index (χ4v) is 3.21. The third-order valence-corrected chi connectivity index (χ3v) is 4.64. The van der Waals surface area contributed by atoms with Gasteiger partial charge in [-0.3, -0.25) is 4.98 Å². The maximum absolute atomic E-state index is 6.09. The molecule has 0 saturated carbocycles. The molecule has 1 aromatic carbocycles. The van der Waals surface area contributed by atoms with Crippen molar-refractivity contribution < 1.29 is 4.74 Å². The number of likely N-dealkylation sites (N-methyl/N-ethyl adjacent to an activating group) is 1. The first-order valence-electron chi connectivity index (χ1n) is 7.32. The summed E-state index contributed by atoms with van der Waals surface area (Å²) >= 11 is 3.50. The van der Waals surface area contributed by atoms with Crippen molar-refractivity contribution in [2.24, 2.45) is 0 Å². The van der Waals surface area contributed by atoms with Crippen LogP contribution in [0.4, 0.5) is 5.69 Å². The lowest BCUT2D eigenvalue weighted by Crippen LogP contribution is -2.40. The van der Waals surface area contributed by atoms with Crippen LogP contribution in [-0.4, -0.2) is 36.1 Å². The number of nitrogens with two attached hydrogens (primary N) is 1. The molecule has 0 spiro atoms. The van der Waals surface area contributed by atoms with Crippen LogP contribution in [0, 0.1) is 0 Å². The molecule has 1 aromatic heterocycles. The van der Waals surface area contributed by atoms with Gasteiger partial charge in [-0.1, -0.05) is 22.4 Å². The van der Waals surface area contributed by atoms with E-state index in [1.807, 2.05) is 18.2 Å². The number of rotatable bonds is 3. The maximum atomic E-state index is 6.09. The average Bonchev–Trinajstić information content (AvgIpc) is 2.48. The van der Waals surface area contributed by atoms with E-state index in [0.29, 0.717) is 18.3 Å². The van der Waals surface area contributed by atoms with E-state index >= 15 is 0 Å². The van der Waals surface area contributed by atoms with Crippen LogP contribution in [0.5, 0.6) is 5.75 Å². The van der Waals surface area contributed by atoms with E-state index in [2.05, 4.69) is 32.9 Å². The fraction of sp³-hybridized carbons (Fsp3) is 0.438. The zero-order valence-corrected chi connectivity index (χ0v) is 13.8. The van der Waals surface area contributed by atoms with Crippen molar-refractivity contribution in [3.8, 4) is 5.75 Å². The molecule has 2 N–H and O–H groups in total. The van der Waals surface area contributed by atoms with Crippen LogP contribution in [0.25, 0.3) is 10.9 Å². The summed E-state index contributed by atoms with van der Waals surface area (Å²) in [6.07, 6.45) is 5.41. The molecule has 3 rings (SSSR count). The minimum absolute atomic E-state index is 0.466. The minimum Gasteiger partial charge on any atom is -0.489 e. The van der Waals surface area contributed by atoms with Crippen LogP contribution in [0.1, 0.15) is 19.3 Å². The molecule has 1 fully saturated rings. The number of aromatic nitrogens is 1. The summed E-state index contributed by atoms with van der Waals surface area (Å²) in [6.45, 7) is 1.82. The zero-order chi connectivity index (χ0) is 14.8. The second-order valence-electron chi connectivity index (χ2n) is 5.65. The topological polar surface area (TPSA) is 51.4 Å². The Balaban J connectivity index is 1.85. The first kappa shape index (κ1) is 14.6. The second-order valence-corrected chi connectivity index (χ2v) is 6.56. The van der Waals surface area contributed by atoms with Crippen molar-refractivity contribution in [2.45, 2.75) is 25.3 Å². The highest BCUT2D eigenvalue weighted by Gasteiger charge is 2.20. The van der Waals surface area contributed by atoms with E-state index in [4.69, 9.17) is 10.5 Å². The number of nitrogen functional groups attached to an aromatic ring is 1. The van der Waals surface area contributed by atoms with Crippen LogP contribution in [0.2, 0.25) is 0 Å². The number of nitrogens with zero attached hydrogens (tertiary/aromatic N) is 2. The summed E-state index contributed by atoms with van der Waals surface area (Å²) in [7, 11) is 2.16. The Labute approximate surface area is 133 Å². The van der Waals surface area contributed by atoms with Crippen LogP contribution >= 0.6 is 15.9 Å². The summed E-state index contributed by atoms with van der Waals surface area (Å²) in [6, 6.07) is 6.43. The molecule has 4 nitrogen and oxygen atoms in total. The van der Waals surface area contributed by atoms with Gasteiger partial charge in [-0.25, -0.2) is 0 Å². The molecule has 1 atom stereocenters. The third-order valence-electron chi connectivity index (χ3n) is 4.15. The normalized spacial score (nSPS) is 19.8. The van der Waals surface area contributed by atoms with Gasteiger partial charge in [0.1, 0.15) is 6.61 Å². The third kappa shape index (κ3) is 3.14. The number of pyridine rings is 1. The predicted molar refractivity (Wildman–Crippen MR) is 89.6 cm³/mol. The van der Waals surface area contributed by atoms with Gasteiger partial charge in [0.25, 0.3) is 0 Å². The SMILES string of the molecule is CN1CCCCC1COc1c(N)cnc2ccc(Br)cc12. The molecule has 1 unspecified atom stereocenters. The average molecular weight is 350 g/mol. The van der Waals surface area contributed by atoms with Gasteiger partial charge in [0, 0.05) is 15.9 Å². The molecule has 1 aliphatic heterocycles. The quantitative estimate of drug-likeness (QED) is 0.921. The number of piperidine rings is 1. The number of fused-ring (bicyclic) bond motifs is 1. The lowest BCUT2D eigenvalue weighted by molar-refractivity contribution is 0.126. The zero-order valence-electron chi connectivity index (χ0n) is 12.2. The molecular formula is C16H20BrN3O. The number of benzene rings is 1. The van der Waals surface area contributed by atoms with Crippen molar-refractivity contribution in [1.29, 1.82) is 0 Å². The van der Waals surface area contributed by atoms with Gasteiger partial charge in [0.2, 0.25) is 0 Å². The molecule has 112 valence electrons. The summed E-state index contributed by atoms with van der Waals surface area (Å²) in [5.41, 5.74) is 7.57. The van der Waals surface area contributed by atoms with Crippen LogP contribution < -0.4 is 10.5 Å².